The first kappa shape index (κ1) is 14.5. The predicted octanol–water partition coefficient (Wildman–Crippen LogP) is 3.54. The van der Waals surface area contributed by atoms with E-state index in [4.69, 9.17) is 4.74 Å². The normalized spacial score (nSPS) is 10.6. The highest BCUT2D eigenvalue weighted by Gasteiger charge is 2.06. The zero-order chi connectivity index (χ0) is 15.4. The van der Waals surface area contributed by atoms with Crippen LogP contribution in [0.3, 0.4) is 0 Å². The highest BCUT2D eigenvalue weighted by Crippen LogP contribution is 2.24. The van der Waals surface area contributed by atoms with Gasteiger partial charge in [0.25, 0.3) is 0 Å². The molecule has 1 N–H and O–H groups in total. The minimum absolute atomic E-state index is 0.132. The summed E-state index contributed by atoms with van der Waals surface area (Å²) in [6.07, 6.45) is 1.77. The largest absolute Gasteiger partial charge is 0.486 e. The van der Waals surface area contributed by atoms with Gasteiger partial charge in [0, 0.05) is 17.8 Å². The van der Waals surface area contributed by atoms with Gasteiger partial charge in [-0.1, -0.05) is 6.07 Å². The van der Waals surface area contributed by atoms with Crippen molar-refractivity contribution in [3.8, 4) is 5.75 Å². The summed E-state index contributed by atoms with van der Waals surface area (Å²) < 4.78 is 19.8. The first-order chi connectivity index (χ1) is 10.7. The van der Waals surface area contributed by atoms with Gasteiger partial charge in [0.2, 0.25) is 6.29 Å². The number of carbonyl (C=O) groups excluding carboxylic acids is 1. The van der Waals surface area contributed by atoms with Crippen LogP contribution < -0.4 is 10.1 Å². The number of nitrogens with zero attached hydrogens (tertiary/aromatic N) is 1. The molecular formula is C16H12FN2O2S. The van der Waals surface area contributed by atoms with E-state index in [-0.39, 0.29) is 12.4 Å². The molecule has 0 atom stereocenters. The molecule has 4 nitrogen and oxygen atoms in total. The predicted molar refractivity (Wildman–Crippen MR) is 84.5 cm³/mol. The van der Waals surface area contributed by atoms with Gasteiger partial charge in [0.05, 0.1) is 16.8 Å². The van der Waals surface area contributed by atoms with Crippen molar-refractivity contribution in [3.05, 3.63) is 53.3 Å². The van der Waals surface area contributed by atoms with E-state index in [0.717, 1.165) is 15.4 Å². The van der Waals surface area contributed by atoms with Crippen LogP contribution in [0, 0.1) is 5.82 Å². The fourth-order valence-corrected chi connectivity index (χ4v) is 2.85. The minimum atomic E-state index is -0.295. The van der Waals surface area contributed by atoms with Crippen molar-refractivity contribution < 1.29 is 13.9 Å². The fraction of sp³-hybridized carbons (Fsp3) is 0.125. The van der Waals surface area contributed by atoms with Crippen molar-refractivity contribution in [1.29, 1.82) is 0 Å². The third-order valence-corrected chi connectivity index (χ3v) is 3.96. The summed E-state index contributed by atoms with van der Waals surface area (Å²) >= 11 is 1.47. The van der Waals surface area contributed by atoms with Gasteiger partial charge in [-0.2, -0.15) is 0 Å². The molecule has 0 unspecified atom stereocenters. The molecule has 1 aromatic heterocycles. The number of halogens is 1. The van der Waals surface area contributed by atoms with Gasteiger partial charge in [-0.05, 0) is 24.3 Å². The van der Waals surface area contributed by atoms with E-state index in [1.807, 2.05) is 18.2 Å². The first-order valence-electron chi connectivity index (χ1n) is 6.61. The summed E-state index contributed by atoms with van der Waals surface area (Å²) in [5.41, 5.74) is 1.42. The molecule has 1 radical (unpaired) electrons. The zero-order valence-corrected chi connectivity index (χ0v) is 12.3. The number of thiazole rings is 1. The lowest BCUT2D eigenvalue weighted by Gasteiger charge is -2.07. The van der Waals surface area contributed by atoms with Crippen LogP contribution in [0.4, 0.5) is 10.1 Å². The lowest BCUT2D eigenvalue weighted by Crippen LogP contribution is -2.02. The zero-order valence-electron chi connectivity index (χ0n) is 11.5. The summed E-state index contributed by atoms with van der Waals surface area (Å²) in [5.74, 6) is 0.373. The number of fused-ring (bicyclic) bond motifs is 1. The highest BCUT2D eigenvalue weighted by molar-refractivity contribution is 7.18. The number of ether oxygens (including phenoxy) is 1. The minimum Gasteiger partial charge on any atom is -0.486 e. The van der Waals surface area contributed by atoms with Crippen molar-refractivity contribution in [1.82, 2.24) is 4.98 Å². The molecule has 0 saturated heterocycles. The van der Waals surface area contributed by atoms with Gasteiger partial charge >= 0.3 is 0 Å². The average Bonchev–Trinajstić information content (AvgIpc) is 2.93. The Morgan fingerprint density at radius 1 is 1.27 bits per heavy atom. The van der Waals surface area contributed by atoms with Crippen molar-refractivity contribution in [2.45, 2.75) is 6.61 Å². The summed E-state index contributed by atoms with van der Waals surface area (Å²) in [7, 11) is 0. The molecule has 3 aromatic rings. The number of anilines is 1. The second-order valence-electron chi connectivity index (χ2n) is 4.53. The number of aromatic nitrogens is 1. The first-order valence-corrected chi connectivity index (χ1v) is 7.43. The second-order valence-corrected chi connectivity index (χ2v) is 5.65. The Labute approximate surface area is 130 Å². The molecule has 2 aromatic carbocycles. The van der Waals surface area contributed by atoms with Crippen molar-refractivity contribution in [2.24, 2.45) is 0 Å². The Balaban J connectivity index is 1.69. The van der Waals surface area contributed by atoms with Gasteiger partial charge in [-0.3, -0.25) is 4.79 Å². The molecule has 6 heteroatoms. The van der Waals surface area contributed by atoms with E-state index in [1.165, 1.54) is 23.5 Å². The van der Waals surface area contributed by atoms with Gasteiger partial charge in [0.1, 0.15) is 23.2 Å². The quantitative estimate of drug-likeness (QED) is 0.756. The number of hydrogen-bond donors (Lipinski definition) is 1. The number of rotatable bonds is 6. The third kappa shape index (κ3) is 3.40. The van der Waals surface area contributed by atoms with Gasteiger partial charge < -0.3 is 10.1 Å². The second kappa shape index (κ2) is 6.53. The maximum Gasteiger partial charge on any atom is 0.219 e. The Bertz CT molecular complexity index is 804. The monoisotopic (exact) mass is 315 g/mol. The molecule has 0 aliphatic carbocycles. The lowest BCUT2D eigenvalue weighted by molar-refractivity contribution is 0.306. The standard InChI is InChI=1S/C16H12FN2O2S/c17-11-4-5-15-14(8-11)19-16(22-15)10-21-13-3-1-2-12(9-13)18-6-7-20/h1-5,8-9,18H,6,10H2. The van der Waals surface area contributed by atoms with Gasteiger partial charge in [-0.15, -0.1) is 11.3 Å². The summed E-state index contributed by atoms with van der Waals surface area (Å²) in [6, 6.07) is 11.8. The summed E-state index contributed by atoms with van der Waals surface area (Å²) in [6.45, 7) is 0.442. The molecule has 111 valence electrons. The van der Waals surface area contributed by atoms with E-state index < -0.39 is 0 Å². The average molecular weight is 315 g/mol. The Morgan fingerprint density at radius 2 is 2.18 bits per heavy atom. The van der Waals surface area contributed by atoms with Gasteiger partial charge in [-0.25, -0.2) is 9.37 Å². The van der Waals surface area contributed by atoms with E-state index >= 15 is 0 Å². The van der Waals surface area contributed by atoms with Crippen LogP contribution in [-0.4, -0.2) is 17.8 Å². The molecule has 0 saturated carbocycles. The molecule has 0 bridgehead atoms. The van der Waals surface area contributed by atoms with Crippen LogP contribution in [-0.2, 0) is 11.4 Å². The van der Waals surface area contributed by atoms with Crippen LogP contribution >= 0.6 is 11.3 Å². The van der Waals surface area contributed by atoms with Crippen LogP contribution in [0.1, 0.15) is 5.01 Å². The van der Waals surface area contributed by atoms with Crippen LogP contribution in [0.2, 0.25) is 0 Å². The number of nitrogens with one attached hydrogen (secondary N) is 1. The molecule has 0 spiro atoms. The van der Waals surface area contributed by atoms with E-state index in [1.54, 1.807) is 18.4 Å². The van der Waals surface area contributed by atoms with Crippen LogP contribution in [0.15, 0.2) is 42.5 Å². The summed E-state index contributed by atoms with van der Waals surface area (Å²) in [4.78, 5) is 14.6. The maximum atomic E-state index is 13.1. The Kier molecular flexibility index (Phi) is 4.29. The lowest BCUT2D eigenvalue weighted by atomic mass is 10.3. The van der Waals surface area contributed by atoms with Crippen molar-refractivity contribution in [2.75, 3.05) is 11.9 Å². The number of hydrogen-bond acceptors (Lipinski definition) is 5. The van der Waals surface area contributed by atoms with E-state index in [2.05, 4.69) is 10.3 Å². The van der Waals surface area contributed by atoms with Crippen molar-refractivity contribution in [3.63, 3.8) is 0 Å². The molecule has 0 aliphatic rings. The van der Waals surface area contributed by atoms with Crippen LogP contribution in [0.5, 0.6) is 5.75 Å². The molecule has 1 heterocycles. The molecule has 3 rings (SSSR count). The Morgan fingerprint density at radius 3 is 3.05 bits per heavy atom. The third-order valence-electron chi connectivity index (χ3n) is 2.95. The molecule has 0 fully saturated rings. The van der Waals surface area contributed by atoms with Crippen molar-refractivity contribution >= 4 is 33.5 Å². The topological polar surface area (TPSA) is 51.2 Å². The SMILES string of the molecule is O=[C]CNc1cccc(OCc2nc3cc(F)ccc3s2)c1. The molecule has 0 amide bonds. The highest BCUT2D eigenvalue weighted by atomic mass is 32.1. The smallest absolute Gasteiger partial charge is 0.219 e. The van der Waals surface area contributed by atoms with E-state index in [0.29, 0.717) is 17.9 Å². The maximum absolute atomic E-state index is 13.1. The summed E-state index contributed by atoms with van der Waals surface area (Å²) in [5, 5.41) is 3.68. The Hall–Kier alpha value is -2.47. The van der Waals surface area contributed by atoms with E-state index in [9.17, 15) is 9.18 Å². The molecule has 0 aliphatic heterocycles. The molecule has 22 heavy (non-hydrogen) atoms. The number of benzene rings is 2. The molecular weight excluding hydrogens is 303 g/mol. The fourth-order valence-electron chi connectivity index (χ4n) is 1.99. The van der Waals surface area contributed by atoms with Crippen LogP contribution in [0.25, 0.3) is 10.2 Å². The van der Waals surface area contributed by atoms with Gasteiger partial charge in [0.15, 0.2) is 0 Å².